The average molecular weight is 208 g/mol. The monoisotopic (exact) mass is 208 g/mol. The van der Waals surface area contributed by atoms with Gasteiger partial charge >= 0.3 is 0 Å². The fourth-order valence-corrected chi connectivity index (χ4v) is 1.77. The van der Waals surface area contributed by atoms with Crippen molar-refractivity contribution in [3.63, 3.8) is 0 Å². The van der Waals surface area contributed by atoms with Crippen molar-refractivity contribution in [2.45, 2.75) is 32.6 Å². The predicted molar refractivity (Wildman–Crippen MR) is 61.3 cm³/mol. The molecule has 1 saturated heterocycles. The lowest BCUT2D eigenvalue weighted by Crippen LogP contribution is -2.24. The van der Waals surface area contributed by atoms with E-state index in [1.165, 1.54) is 6.42 Å². The Morgan fingerprint density at radius 2 is 2.47 bits per heavy atom. The molecule has 2 N–H and O–H groups in total. The third-order valence-corrected chi connectivity index (χ3v) is 2.69. The molecule has 0 aromatic heterocycles. The second-order valence-electron chi connectivity index (χ2n) is 3.92. The van der Waals surface area contributed by atoms with Crippen LogP contribution in [-0.4, -0.2) is 25.5 Å². The molecular weight excluding hydrogens is 188 g/mol. The normalized spacial score (nSPS) is 19.4. The minimum absolute atomic E-state index is 0.166. The van der Waals surface area contributed by atoms with E-state index in [9.17, 15) is 4.79 Å². The largest absolute Gasteiger partial charge is 0.355 e. The molecule has 1 atom stereocenters. The fraction of sp³-hybridized carbons (Fsp3) is 0.750. The first-order valence-corrected chi connectivity index (χ1v) is 5.70. The van der Waals surface area contributed by atoms with Gasteiger partial charge in [-0.2, -0.15) is 0 Å². The maximum atomic E-state index is 11.4. The van der Waals surface area contributed by atoms with Crippen LogP contribution >= 0.6 is 0 Å². The van der Waals surface area contributed by atoms with E-state index in [4.69, 9.17) is 0 Å². The van der Waals surface area contributed by atoms with Gasteiger partial charge in [0, 0.05) is 19.4 Å². The van der Waals surface area contributed by atoms with Crippen molar-refractivity contribution in [1.82, 2.24) is 10.6 Å². The summed E-state index contributed by atoms with van der Waals surface area (Å²) in [5, 5.41) is 6.19. The highest BCUT2D eigenvalue weighted by molar-refractivity contribution is 5.75. The van der Waals surface area contributed by atoms with Crippen LogP contribution in [0.1, 0.15) is 32.6 Å². The Bertz CT molecular complexity index is 246. The van der Waals surface area contributed by atoms with Gasteiger partial charge in [0.15, 0.2) is 0 Å². The van der Waals surface area contributed by atoms with E-state index >= 15 is 0 Å². The van der Waals surface area contributed by atoms with Crippen LogP contribution in [0.25, 0.3) is 0 Å². The van der Waals surface area contributed by atoms with E-state index in [1.807, 2.05) is 6.92 Å². The highest BCUT2D eigenvalue weighted by atomic mass is 16.1. The van der Waals surface area contributed by atoms with Gasteiger partial charge in [0.25, 0.3) is 0 Å². The number of nitrogens with one attached hydrogen (secondary N) is 2. The molecule has 1 amide bonds. The molecule has 1 aliphatic rings. The van der Waals surface area contributed by atoms with Crippen molar-refractivity contribution >= 4 is 5.91 Å². The zero-order valence-electron chi connectivity index (χ0n) is 9.44. The Morgan fingerprint density at radius 1 is 1.60 bits per heavy atom. The van der Waals surface area contributed by atoms with Crippen molar-refractivity contribution in [1.29, 1.82) is 0 Å². The second-order valence-corrected chi connectivity index (χ2v) is 3.92. The van der Waals surface area contributed by atoms with E-state index < -0.39 is 0 Å². The van der Waals surface area contributed by atoms with Gasteiger partial charge in [-0.15, -0.1) is 11.8 Å². The SMILES string of the molecule is CC#CCCNC(=O)CCC1CCNC1. The molecule has 0 radical (unpaired) electrons. The zero-order valence-corrected chi connectivity index (χ0v) is 9.44. The van der Waals surface area contributed by atoms with Crippen molar-refractivity contribution in [2.24, 2.45) is 5.92 Å². The molecule has 15 heavy (non-hydrogen) atoms. The molecule has 0 saturated carbocycles. The minimum atomic E-state index is 0.166. The Kier molecular flexibility index (Phi) is 5.87. The van der Waals surface area contributed by atoms with Crippen molar-refractivity contribution in [3.8, 4) is 11.8 Å². The number of hydrogen-bond donors (Lipinski definition) is 2. The first-order chi connectivity index (χ1) is 7.33. The van der Waals surface area contributed by atoms with E-state index in [-0.39, 0.29) is 5.91 Å². The van der Waals surface area contributed by atoms with Gasteiger partial charge < -0.3 is 10.6 Å². The Balaban J connectivity index is 1.99. The fourth-order valence-electron chi connectivity index (χ4n) is 1.77. The molecule has 1 rings (SSSR count). The van der Waals surface area contributed by atoms with Gasteiger partial charge in [0.1, 0.15) is 0 Å². The quantitative estimate of drug-likeness (QED) is 0.521. The molecule has 0 aliphatic carbocycles. The Hall–Kier alpha value is -1.01. The van der Waals surface area contributed by atoms with Gasteiger partial charge in [-0.3, -0.25) is 4.79 Å². The highest BCUT2D eigenvalue weighted by Gasteiger charge is 2.15. The summed E-state index contributed by atoms with van der Waals surface area (Å²) in [6.07, 6.45) is 3.64. The maximum Gasteiger partial charge on any atom is 0.220 e. The molecule has 0 aromatic carbocycles. The molecule has 3 nitrogen and oxygen atoms in total. The lowest BCUT2D eigenvalue weighted by molar-refractivity contribution is -0.121. The lowest BCUT2D eigenvalue weighted by Gasteiger charge is -2.07. The molecule has 1 unspecified atom stereocenters. The summed E-state index contributed by atoms with van der Waals surface area (Å²) in [7, 11) is 0. The number of rotatable bonds is 5. The van der Waals surface area contributed by atoms with Crippen LogP contribution in [0.15, 0.2) is 0 Å². The molecule has 3 heteroatoms. The van der Waals surface area contributed by atoms with Crippen LogP contribution in [0.5, 0.6) is 0 Å². The third-order valence-electron chi connectivity index (χ3n) is 2.69. The van der Waals surface area contributed by atoms with E-state index in [2.05, 4.69) is 22.5 Å². The topological polar surface area (TPSA) is 41.1 Å². The molecule has 1 heterocycles. The van der Waals surface area contributed by atoms with Crippen LogP contribution in [0.4, 0.5) is 0 Å². The van der Waals surface area contributed by atoms with Gasteiger partial charge in [-0.05, 0) is 38.8 Å². The number of hydrogen-bond acceptors (Lipinski definition) is 2. The van der Waals surface area contributed by atoms with Gasteiger partial charge in [0.2, 0.25) is 5.91 Å². The summed E-state index contributed by atoms with van der Waals surface area (Å²) < 4.78 is 0. The second kappa shape index (κ2) is 7.30. The summed E-state index contributed by atoms with van der Waals surface area (Å²) in [5.74, 6) is 6.60. The van der Waals surface area contributed by atoms with Crippen molar-refractivity contribution < 1.29 is 4.79 Å². The van der Waals surface area contributed by atoms with Gasteiger partial charge in [-0.25, -0.2) is 0 Å². The summed E-state index contributed by atoms with van der Waals surface area (Å²) >= 11 is 0. The minimum Gasteiger partial charge on any atom is -0.355 e. The standard InChI is InChI=1S/C12H20N2O/c1-2-3-4-8-14-12(15)6-5-11-7-9-13-10-11/h11,13H,4-10H2,1H3,(H,14,15). The predicted octanol–water partition coefficient (Wildman–Crippen LogP) is 0.906. The molecule has 0 aromatic rings. The van der Waals surface area contributed by atoms with E-state index in [0.29, 0.717) is 18.9 Å². The van der Waals surface area contributed by atoms with Crippen LogP contribution in [-0.2, 0) is 4.79 Å². The first-order valence-electron chi connectivity index (χ1n) is 5.70. The summed E-state index contributed by atoms with van der Waals surface area (Å²) in [6, 6.07) is 0. The molecule has 1 fully saturated rings. The smallest absolute Gasteiger partial charge is 0.220 e. The number of carbonyl (C=O) groups excluding carboxylic acids is 1. The average Bonchev–Trinajstić information content (AvgIpc) is 2.74. The van der Waals surface area contributed by atoms with Crippen LogP contribution in [0.2, 0.25) is 0 Å². The van der Waals surface area contributed by atoms with Crippen LogP contribution < -0.4 is 10.6 Å². The maximum absolute atomic E-state index is 11.4. The Morgan fingerprint density at radius 3 is 3.13 bits per heavy atom. The summed E-state index contributed by atoms with van der Waals surface area (Å²) in [5.41, 5.74) is 0. The van der Waals surface area contributed by atoms with Crippen molar-refractivity contribution in [3.05, 3.63) is 0 Å². The number of amides is 1. The molecule has 84 valence electrons. The van der Waals surface area contributed by atoms with Gasteiger partial charge in [-0.1, -0.05) is 0 Å². The Labute approximate surface area is 92.0 Å². The third kappa shape index (κ3) is 5.44. The van der Waals surface area contributed by atoms with Crippen LogP contribution in [0, 0.1) is 17.8 Å². The molecule has 1 aliphatic heterocycles. The lowest BCUT2D eigenvalue weighted by atomic mass is 10.0. The van der Waals surface area contributed by atoms with E-state index in [1.54, 1.807) is 0 Å². The number of carbonyl (C=O) groups is 1. The summed E-state index contributed by atoms with van der Waals surface area (Å²) in [6.45, 7) is 4.68. The highest BCUT2D eigenvalue weighted by Crippen LogP contribution is 2.13. The molecular formula is C12H20N2O. The molecule has 0 bridgehead atoms. The zero-order chi connectivity index (χ0) is 10.9. The van der Waals surface area contributed by atoms with Gasteiger partial charge in [0.05, 0.1) is 0 Å². The first kappa shape index (κ1) is 12.1. The van der Waals surface area contributed by atoms with Crippen molar-refractivity contribution in [2.75, 3.05) is 19.6 Å². The van der Waals surface area contributed by atoms with Crippen LogP contribution in [0.3, 0.4) is 0 Å². The molecule has 0 spiro atoms. The summed E-state index contributed by atoms with van der Waals surface area (Å²) in [4.78, 5) is 11.4. The van der Waals surface area contributed by atoms with E-state index in [0.717, 1.165) is 25.9 Å².